The van der Waals surface area contributed by atoms with Crippen molar-refractivity contribution in [2.75, 3.05) is 39.6 Å². The summed E-state index contributed by atoms with van der Waals surface area (Å²) in [6.45, 7) is 11.7. The van der Waals surface area contributed by atoms with Crippen LogP contribution >= 0.6 is 15.6 Å². The van der Waals surface area contributed by atoms with Gasteiger partial charge in [-0.1, -0.05) is 273 Å². The van der Waals surface area contributed by atoms with E-state index in [9.17, 15) is 43.2 Å². The largest absolute Gasteiger partial charge is 0.472 e. The van der Waals surface area contributed by atoms with Crippen LogP contribution in [0.5, 0.6) is 0 Å². The molecule has 0 amide bonds. The van der Waals surface area contributed by atoms with Crippen LogP contribution in [-0.2, 0) is 65.4 Å². The Kier molecular flexibility index (Phi) is 55.9. The number of carbonyl (C=O) groups excluding carboxylic acids is 4. The predicted molar refractivity (Wildman–Crippen MR) is 340 cm³/mol. The van der Waals surface area contributed by atoms with Crippen molar-refractivity contribution in [3.63, 3.8) is 0 Å². The van der Waals surface area contributed by atoms with Crippen LogP contribution < -0.4 is 0 Å². The van der Waals surface area contributed by atoms with Crippen molar-refractivity contribution in [3.05, 3.63) is 0 Å². The molecular formula is C66H128O17P2. The molecule has 0 aliphatic heterocycles. The summed E-state index contributed by atoms with van der Waals surface area (Å²) in [4.78, 5) is 72.3. The number of aliphatic hydroxyl groups is 1. The average Bonchev–Trinajstić information content (AvgIpc) is 3.53. The number of phosphoric ester groups is 2. The van der Waals surface area contributed by atoms with Crippen LogP contribution in [0.4, 0.5) is 0 Å². The lowest BCUT2D eigenvalue weighted by Gasteiger charge is -2.21. The Morgan fingerprint density at radius 3 is 0.894 bits per heavy atom. The molecule has 0 saturated carbocycles. The summed E-state index contributed by atoms with van der Waals surface area (Å²) < 4.78 is 68.1. The van der Waals surface area contributed by atoms with Crippen molar-refractivity contribution in [1.82, 2.24) is 0 Å². The first-order valence-corrected chi connectivity index (χ1v) is 37.4. The molecule has 0 heterocycles. The fourth-order valence-electron chi connectivity index (χ4n) is 9.80. The van der Waals surface area contributed by atoms with E-state index in [1.54, 1.807) is 0 Å². The number of unbranched alkanes of at least 4 members (excludes halogenated alkanes) is 31. The number of hydrogen-bond donors (Lipinski definition) is 3. The smallest absolute Gasteiger partial charge is 0.462 e. The molecule has 0 spiro atoms. The Bertz CT molecular complexity index is 1680. The lowest BCUT2D eigenvalue weighted by atomic mass is 9.99. The van der Waals surface area contributed by atoms with E-state index in [0.29, 0.717) is 31.6 Å². The van der Waals surface area contributed by atoms with Crippen LogP contribution in [0.3, 0.4) is 0 Å². The Labute approximate surface area is 517 Å². The van der Waals surface area contributed by atoms with E-state index >= 15 is 0 Å². The molecular weight excluding hydrogens is 1130 g/mol. The summed E-state index contributed by atoms with van der Waals surface area (Å²) in [5.74, 6) is 0.0755. The van der Waals surface area contributed by atoms with Crippen molar-refractivity contribution in [3.8, 4) is 0 Å². The maximum absolute atomic E-state index is 13.0. The highest BCUT2D eigenvalue weighted by Crippen LogP contribution is 2.45. The molecule has 0 aromatic rings. The summed E-state index contributed by atoms with van der Waals surface area (Å²) in [6, 6.07) is 0. The zero-order valence-corrected chi connectivity index (χ0v) is 56.9. The maximum atomic E-state index is 13.0. The van der Waals surface area contributed by atoms with Crippen molar-refractivity contribution >= 4 is 39.5 Å². The average molecular weight is 1260 g/mol. The second-order valence-corrected chi connectivity index (χ2v) is 28.0. The van der Waals surface area contributed by atoms with Gasteiger partial charge in [0.15, 0.2) is 12.2 Å². The molecule has 0 saturated heterocycles. The zero-order chi connectivity index (χ0) is 63.1. The first-order chi connectivity index (χ1) is 40.8. The Balaban J connectivity index is 5.26. The number of rotatable bonds is 64. The quantitative estimate of drug-likeness (QED) is 0.0222. The molecule has 0 bridgehead atoms. The zero-order valence-electron chi connectivity index (χ0n) is 55.1. The topological polar surface area (TPSA) is 237 Å². The van der Waals surface area contributed by atoms with E-state index in [4.69, 9.17) is 37.0 Å². The lowest BCUT2D eigenvalue weighted by Crippen LogP contribution is -2.30. The Hall–Kier alpha value is -1.94. The summed E-state index contributed by atoms with van der Waals surface area (Å²) in [7, 11) is -9.89. The summed E-state index contributed by atoms with van der Waals surface area (Å²) in [6.07, 6.45) is 38.9. The number of aliphatic hydroxyl groups excluding tert-OH is 1. The number of esters is 4. The van der Waals surface area contributed by atoms with E-state index in [-0.39, 0.29) is 25.7 Å². The molecule has 0 radical (unpaired) electrons. The second-order valence-electron chi connectivity index (χ2n) is 25.1. The molecule has 3 unspecified atom stereocenters. The van der Waals surface area contributed by atoms with Gasteiger partial charge in [0.25, 0.3) is 0 Å². The number of hydrogen-bond acceptors (Lipinski definition) is 15. The maximum Gasteiger partial charge on any atom is 0.472 e. The Morgan fingerprint density at radius 2 is 0.600 bits per heavy atom. The fourth-order valence-corrected chi connectivity index (χ4v) is 11.4. The number of phosphoric acid groups is 2. The van der Waals surface area contributed by atoms with E-state index in [0.717, 1.165) is 108 Å². The van der Waals surface area contributed by atoms with Gasteiger partial charge in [-0.3, -0.25) is 37.3 Å². The van der Waals surface area contributed by atoms with Crippen LogP contribution in [0.25, 0.3) is 0 Å². The summed E-state index contributed by atoms with van der Waals surface area (Å²) in [5.41, 5.74) is 0. The molecule has 0 aromatic carbocycles. The molecule has 3 N–H and O–H groups in total. The molecule has 0 aliphatic rings. The summed E-state index contributed by atoms with van der Waals surface area (Å²) >= 11 is 0. The van der Waals surface area contributed by atoms with Crippen LogP contribution in [-0.4, -0.2) is 96.7 Å². The van der Waals surface area contributed by atoms with Crippen molar-refractivity contribution in [2.24, 2.45) is 17.8 Å². The highest BCUT2D eigenvalue weighted by atomic mass is 31.2. The second kappa shape index (κ2) is 57.2. The summed E-state index contributed by atoms with van der Waals surface area (Å²) in [5, 5.41) is 10.5. The monoisotopic (exact) mass is 1250 g/mol. The third-order valence-electron chi connectivity index (χ3n) is 15.5. The third-order valence-corrected chi connectivity index (χ3v) is 17.4. The molecule has 0 fully saturated rings. The molecule has 17 nitrogen and oxygen atoms in total. The first-order valence-electron chi connectivity index (χ1n) is 34.4. The van der Waals surface area contributed by atoms with Crippen LogP contribution in [0.1, 0.15) is 325 Å². The van der Waals surface area contributed by atoms with Crippen molar-refractivity contribution < 1.29 is 80.2 Å². The standard InChI is InChI=1S/C66H128O17P2/c1-8-10-11-12-13-14-15-19-26-35-42-49-65(70)83-62(54-77-64(69)48-41-34-29-28-31-38-45-58(5)6)56-81-85(74,75)79-52-60(67)51-78-84(72,73)80-55-61(53-76-63(68)47-40-33-25-22-21-24-32-39-46-59(7)9-2)82-66(71)50-43-36-27-20-17-16-18-23-30-37-44-57(3)4/h57-62,67H,8-56H2,1-7H3,(H,72,73)(H,74,75)/t59?,60-,61-,62-/m1/s1. The molecule has 504 valence electrons. The van der Waals surface area contributed by atoms with Gasteiger partial charge in [0.2, 0.25) is 0 Å². The SMILES string of the molecule is CCCCCCCCCCCCCC(=O)O[C@H](COC(=O)CCCCCCCCC(C)C)COP(=O)(O)OC[C@H](O)COP(=O)(O)OC[C@@H](COC(=O)CCCCCCCCCCC(C)CC)OC(=O)CCCCCCCCCCCCC(C)C. The fraction of sp³-hybridized carbons (Fsp3) is 0.939. The van der Waals surface area contributed by atoms with Gasteiger partial charge < -0.3 is 33.8 Å². The minimum atomic E-state index is -4.95. The molecule has 19 heteroatoms. The van der Waals surface area contributed by atoms with Gasteiger partial charge in [0.05, 0.1) is 26.4 Å². The molecule has 0 aliphatic carbocycles. The van der Waals surface area contributed by atoms with Gasteiger partial charge in [0, 0.05) is 25.7 Å². The molecule has 85 heavy (non-hydrogen) atoms. The van der Waals surface area contributed by atoms with E-state index in [1.165, 1.54) is 128 Å². The third kappa shape index (κ3) is 59.5. The van der Waals surface area contributed by atoms with Gasteiger partial charge in [-0.2, -0.15) is 0 Å². The van der Waals surface area contributed by atoms with E-state index in [2.05, 4.69) is 48.5 Å². The van der Waals surface area contributed by atoms with Crippen molar-refractivity contribution in [2.45, 2.75) is 343 Å². The van der Waals surface area contributed by atoms with Gasteiger partial charge in [-0.25, -0.2) is 9.13 Å². The minimum absolute atomic E-state index is 0.105. The van der Waals surface area contributed by atoms with Crippen LogP contribution in [0.15, 0.2) is 0 Å². The van der Waals surface area contributed by atoms with Gasteiger partial charge in [-0.05, 0) is 43.4 Å². The van der Waals surface area contributed by atoms with Gasteiger partial charge >= 0.3 is 39.5 Å². The number of ether oxygens (including phenoxy) is 4. The normalized spacial score (nSPS) is 14.6. The molecule has 0 rings (SSSR count). The van der Waals surface area contributed by atoms with Gasteiger partial charge in [0.1, 0.15) is 19.3 Å². The minimum Gasteiger partial charge on any atom is -0.462 e. The van der Waals surface area contributed by atoms with E-state index < -0.39 is 97.5 Å². The molecule has 6 atom stereocenters. The molecule has 0 aromatic heterocycles. The lowest BCUT2D eigenvalue weighted by molar-refractivity contribution is -0.161. The predicted octanol–water partition coefficient (Wildman–Crippen LogP) is 18.3. The van der Waals surface area contributed by atoms with Crippen LogP contribution in [0.2, 0.25) is 0 Å². The first kappa shape index (κ1) is 83.1. The van der Waals surface area contributed by atoms with Crippen molar-refractivity contribution in [1.29, 1.82) is 0 Å². The Morgan fingerprint density at radius 1 is 0.341 bits per heavy atom. The highest BCUT2D eigenvalue weighted by molar-refractivity contribution is 7.47. The van der Waals surface area contributed by atoms with Crippen LogP contribution in [0, 0.1) is 17.8 Å². The highest BCUT2D eigenvalue weighted by Gasteiger charge is 2.30. The number of carbonyl (C=O) groups is 4. The van der Waals surface area contributed by atoms with E-state index in [1.807, 2.05) is 0 Å². The van der Waals surface area contributed by atoms with Gasteiger partial charge in [-0.15, -0.1) is 0 Å².